The summed E-state index contributed by atoms with van der Waals surface area (Å²) in [6.07, 6.45) is 1.33. The Kier molecular flexibility index (Phi) is 2.91. The van der Waals surface area contributed by atoms with Gasteiger partial charge in [0.25, 0.3) is 0 Å². The smallest absolute Gasteiger partial charge is 0.140 e. The number of hydrogen-bond acceptors (Lipinski definition) is 3. The van der Waals surface area contributed by atoms with Gasteiger partial charge in [0.1, 0.15) is 23.0 Å². The summed E-state index contributed by atoms with van der Waals surface area (Å²) in [6.45, 7) is 0. The van der Waals surface area contributed by atoms with Crippen molar-refractivity contribution >= 4 is 54.7 Å². The zero-order chi connectivity index (χ0) is 12.9. The van der Waals surface area contributed by atoms with Gasteiger partial charge in [-0.25, -0.2) is 9.37 Å². The number of halogens is 3. The van der Waals surface area contributed by atoms with E-state index in [-0.39, 0.29) is 5.82 Å². The zero-order valence-electron chi connectivity index (χ0n) is 8.82. The van der Waals surface area contributed by atoms with Crippen molar-refractivity contribution < 1.29 is 4.39 Å². The van der Waals surface area contributed by atoms with Crippen LogP contribution in [0.5, 0.6) is 0 Å². The van der Waals surface area contributed by atoms with Gasteiger partial charge in [0.05, 0.1) is 8.66 Å². The molecule has 0 unspecified atom stereocenters. The Labute approximate surface area is 123 Å². The summed E-state index contributed by atoms with van der Waals surface area (Å²) in [4.78, 5) is 5.34. The molecule has 0 aliphatic rings. The number of fused-ring (bicyclic) bond motifs is 1. The van der Waals surface area contributed by atoms with Gasteiger partial charge in [-0.05, 0) is 50.1 Å². The number of anilines is 1. The summed E-state index contributed by atoms with van der Waals surface area (Å²) in [7, 11) is 0. The van der Waals surface area contributed by atoms with Gasteiger partial charge in [-0.15, -0.1) is 11.3 Å². The number of thiophene rings is 1. The molecule has 3 nitrogen and oxygen atoms in total. The fourth-order valence-electron chi connectivity index (χ4n) is 1.68. The Bertz CT molecular complexity index is 731. The minimum absolute atomic E-state index is 0.341. The number of nitrogen functional groups attached to an aromatic ring is 1. The predicted octanol–water partition coefficient (Wildman–Crippen LogP) is 4.31. The average molecular weight is 391 g/mol. The highest BCUT2D eigenvalue weighted by Crippen LogP contribution is 2.39. The van der Waals surface area contributed by atoms with Crippen LogP contribution in [0.25, 0.3) is 16.2 Å². The van der Waals surface area contributed by atoms with Gasteiger partial charge in [-0.1, -0.05) is 0 Å². The van der Waals surface area contributed by atoms with Crippen LogP contribution in [0.15, 0.2) is 32.7 Å². The molecule has 0 saturated carbocycles. The minimum Gasteiger partial charge on any atom is -0.383 e. The van der Waals surface area contributed by atoms with Crippen molar-refractivity contribution in [2.45, 2.75) is 0 Å². The van der Waals surface area contributed by atoms with Crippen molar-refractivity contribution in [2.24, 2.45) is 0 Å². The van der Waals surface area contributed by atoms with Gasteiger partial charge >= 0.3 is 0 Å². The molecule has 3 heterocycles. The third-order valence-corrected chi connectivity index (χ3v) is 5.76. The van der Waals surface area contributed by atoms with E-state index >= 15 is 0 Å². The van der Waals surface area contributed by atoms with Gasteiger partial charge in [0, 0.05) is 10.7 Å². The van der Waals surface area contributed by atoms with Crippen molar-refractivity contribution in [3.8, 4) is 10.6 Å². The van der Waals surface area contributed by atoms with Crippen LogP contribution in [-0.2, 0) is 0 Å². The maximum atomic E-state index is 13.2. The van der Waals surface area contributed by atoms with E-state index in [1.165, 1.54) is 23.6 Å². The fraction of sp³-hybridized carbons (Fsp3) is 0. The quantitative estimate of drug-likeness (QED) is 0.672. The van der Waals surface area contributed by atoms with E-state index in [9.17, 15) is 4.39 Å². The number of nitrogens with zero attached hydrogens (tertiary/aromatic N) is 2. The van der Waals surface area contributed by atoms with Crippen molar-refractivity contribution in [1.29, 1.82) is 0 Å². The largest absolute Gasteiger partial charge is 0.383 e. The molecule has 0 amide bonds. The molecule has 2 N–H and O–H groups in total. The lowest BCUT2D eigenvalue weighted by Crippen LogP contribution is -1.94. The van der Waals surface area contributed by atoms with Crippen LogP contribution in [0.3, 0.4) is 0 Å². The highest BCUT2D eigenvalue weighted by atomic mass is 79.9. The number of nitrogens with two attached hydrogens (primary N) is 1. The van der Waals surface area contributed by atoms with Gasteiger partial charge in [0.2, 0.25) is 0 Å². The molecule has 92 valence electrons. The topological polar surface area (TPSA) is 43.3 Å². The first-order chi connectivity index (χ1) is 8.56. The number of imidazole rings is 1. The van der Waals surface area contributed by atoms with Gasteiger partial charge < -0.3 is 5.73 Å². The van der Waals surface area contributed by atoms with Crippen LogP contribution < -0.4 is 5.73 Å². The van der Waals surface area contributed by atoms with E-state index in [1.807, 2.05) is 6.07 Å². The van der Waals surface area contributed by atoms with E-state index < -0.39 is 0 Å². The molecule has 0 aromatic carbocycles. The number of pyridine rings is 1. The molecule has 18 heavy (non-hydrogen) atoms. The standard InChI is InChI=1S/C11H6Br2FN3S/c12-6-3-7(18-10(6)13)9-11(15)17-4-5(14)1-2-8(17)16-9/h1-4H,15H2. The lowest BCUT2D eigenvalue weighted by Gasteiger charge is -1.96. The lowest BCUT2D eigenvalue weighted by atomic mass is 10.3. The van der Waals surface area contributed by atoms with Crippen molar-refractivity contribution in [3.63, 3.8) is 0 Å². The first-order valence-corrected chi connectivity index (χ1v) is 7.35. The molecule has 0 aliphatic carbocycles. The molecule has 3 rings (SSSR count). The van der Waals surface area contributed by atoms with E-state index in [0.29, 0.717) is 17.2 Å². The van der Waals surface area contributed by atoms with Crippen LogP contribution in [0, 0.1) is 5.82 Å². The van der Waals surface area contributed by atoms with Crippen LogP contribution in [0.2, 0.25) is 0 Å². The number of aromatic nitrogens is 2. The normalized spacial score (nSPS) is 11.3. The Morgan fingerprint density at radius 2 is 2.11 bits per heavy atom. The van der Waals surface area contributed by atoms with E-state index in [1.54, 1.807) is 10.5 Å². The maximum absolute atomic E-state index is 13.2. The molecule has 3 aromatic heterocycles. The van der Waals surface area contributed by atoms with Crippen LogP contribution in [0.1, 0.15) is 0 Å². The summed E-state index contributed by atoms with van der Waals surface area (Å²) in [5.74, 6) is 0.0949. The van der Waals surface area contributed by atoms with Crippen molar-refractivity contribution in [3.05, 3.63) is 38.5 Å². The van der Waals surface area contributed by atoms with Crippen LogP contribution >= 0.6 is 43.2 Å². The predicted molar refractivity (Wildman–Crippen MR) is 78.3 cm³/mol. The lowest BCUT2D eigenvalue weighted by molar-refractivity contribution is 0.619. The SMILES string of the molecule is Nc1c(-c2cc(Br)c(Br)s2)nc2ccc(F)cn12. The monoisotopic (exact) mass is 389 g/mol. The summed E-state index contributed by atoms with van der Waals surface area (Å²) in [5.41, 5.74) is 7.30. The fourth-order valence-corrected chi connectivity index (χ4v) is 3.72. The van der Waals surface area contributed by atoms with Crippen LogP contribution in [0.4, 0.5) is 10.2 Å². The Morgan fingerprint density at radius 3 is 2.78 bits per heavy atom. The van der Waals surface area contributed by atoms with Gasteiger partial charge in [-0.2, -0.15) is 0 Å². The molecule has 0 atom stereocenters. The molecular formula is C11H6Br2FN3S. The van der Waals surface area contributed by atoms with Crippen molar-refractivity contribution in [2.75, 3.05) is 5.73 Å². The molecule has 0 fully saturated rings. The second-order valence-electron chi connectivity index (χ2n) is 3.65. The first kappa shape index (κ1) is 12.1. The van der Waals surface area contributed by atoms with E-state index in [2.05, 4.69) is 36.8 Å². The molecule has 3 aromatic rings. The third kappa shape index (κ3) is 1.86. The Morgan fingerprint density at radius 1 is 1.33 bits per heavy atom. The highest BCUT2D eigenvalue weighted by molar-refractivity contribution is 9.13. The van der Waals surface area contributed by atoms with E-state index in [4.69, 9.17) is 5.73 Å². The van der Waals surface area contributed by atoms with Gasteiger partial charge in [0.15, 0.2) is 0 Å². The number of hydrogen-bond donors (Lipinski definition) is 1. The summed E-state index contributed by atoms with van der Waals surface area (Å²) >= 11 is 8.37. The first-order valence-electron chi connectivity index (χ1n) is 4.94. The second kappa shape index (κ2) is 4.32. The minimum atomic E-state index is -0.341. The number of rotatable bonds is 1. The van der Waals surface area contributed by atoms with Gasteiger partial charge in [-0.3, -0.25) is 4.40 Å². The molecule has 0 bridgehead atoms. The summed E-state index contributed by atoms with van der Waals surface area (Å²) in [5, 5.41) is 0. The molecule has 0 spiro atoms. The second-order valence-corrected chi connectivity index (χ2v) is 6.88. The third-order valence-electron chi connectivity index (χ3n) is 2.50. The zero-order valence-corrected chi connectivity index (χ0v) is 12.8. The summed E-state index contributed by atoms with van der Waals surface area (Å²) in [6, 6.07) is 4.90. The summed E-state index contributed by atoms with van der Waals surface area (Å²) < 4.78 is 16.6. The Balaban J connectivity index is 2.26. The van der Waals surface area contributed by atoms with Crippen LogP contribution in [-0.4, -0.2) is 9.38 Å². The average Bonchev–Trinajstić information content (AvgIpc) is 2.82. The highest BCUT2D eigenvalue weighted by Gasteiger charge is 2.15. The van der Waals surface area contributed by atoms with Crippen molar-refractivity contribution in [1.82, 2.24) is 9.38 Å². The molecule has 7 heteroatoms. The molecule has 0 saturated heterocycles. The maximum Gasteiger partial charge on any atom is 0.140 e. The van der Waals surface area contributed by atoms with E-state index in [0.717, 1.165) is 13.1 Å². The molecule has 0 radical (unpaired) electrons. The Hall–Kier alpha value is -0.920. The molecular weight excluding hydrogens is 385 g/mol. The molecule has 0 aliphatic heterocycles.